The van der Waals surface area contributed by atoms with E-state index in [1.165, 1.54) is 29.8 Å². The minimum absolute atomic E-state index is 0.110. The maximum absolute atomic E-state index is 13.3. The molecule has 10 nitrogen and oxygen atoms in total. The van der Waals surface area contributed by atoms with E-state index in [2.05, 4.69) is 10.0 Å². The minimum Gasteiger partial charge on any atom is -0.486 e. The van der Waals surface area contributed by atoms with Crippen molar-refractivity contribution in [2.45, 2.75) is 17.4 Å². The van der Waals surface area contributed by atoms with Crippen molar-refractivity contribution in [1.29, 1.82) is 0 Å². The molecule has 0 spiro atoms. The van der Waals surface area contributed by atoms with Crippen LogP contribution in [0.5, 0.6) is 11.5 Å². The van der Waals surface area contributed by atoms with Crippen LogP contribution in [0.25, 0.3) is 11.1 Å². The number of rotatable bonds is 7. The van der Waals surface area contributed by atoms with Gasteiger partial charge in [-0.15, -0.1) is 0 Å². The van der Waals surface area contributed by atoms with Crippen LogP contribution in [-0.4, -0.2) is 38.1 Å². The van der Waals surface area contributed by atoms with Gasteiger partial charge in [0.1, 0.15) is 19.3 Å². The predicted molar refractivity (Wildman–Crippen MR) is 132 cm³/mol. The molecule has 0 bridgehead atoms. The molecule has 0 fully saturated rings. The van der Waals surface area contributed by atoms with Gasteiger partial charge in [-0.25, -0.2) is 13.2 Å². The average molecular weight is 510 g/mol. The van der Waals surface area contributed by atoms with Crippen LogP contribution in [0.3, 0.4) is 0 Å². The van der Waals surface area contributed by atoms with Gasteiger partial charge < -0.3 is 19.2 Å². The smallest absolute Gasteiger partial charge is 0.419 e. The van der Waals surface area contributed by atoms with E-state index in [4.69, 9.17) is 13.9 Å². The monoisotopic (exact) mass is 509 g/mol. The summed E-state index contributed by atoms with van der Waals surface area (Å²) in [6.07, 6.45) is 0.110. The Morgan fingerprint density at radius 1 is 1.00 bits per heavy atom. The van der Waals surface area contributed by atoms with Crippen LogP contribution in [-0.2, 0) is 28.3 Å². The summed E-state index contributed by atoms with van der Waals surface area (Å²) < 4.78 is 46.5. The highest BCUT2D eigenvalue weighted by Crippen LogP contribution is 2.32. The highest BCUT2D eigenvalue weighted by atomic mass is 32.2. The molecule has 0 radical (unpaired) electrons. The molecule has 1 amide bonds. The molecule has 3 aromatic carbocycles. The summed E-state index contributed by atoms with van der Waals surface area (Å²) in [7, 11) is -2.63. The van der Waals surface area contributed by atoms with Crippen molar-refractivity contribution in [3.63, 3.8) is 0 Å². The van der Waals surface area contributed by atoms with E-state index in [9.17, 15) is 18.0 Å². The van der Waals surface area contributed by atoms with Crippen molar-refractivity contribution >= 4 is 32.7 Å². The third-order valence-corrected chi connectivity index (χ3v) is 7.25. The summed E-state index contributed by atoms with van der Waals surface area (Å²) in [5.41, 5.74) is 1.79. The molecule has 0 saturated carbocycles. The standard InChI is InChI=1S/C25H23N3O7S/c1-28-20-9-8-18(15-22(20)35-25(28)30)36(31,32)27-19(13-16-5-3-2-4-6-16)24(29)26-17-7-10-21-23(14-17)34-12-11-33-21/h2-10,14-15,19,27H,11-13H2,1H3,(H,26,29). The van der Waals surface area contributed by atoms with Gasteiger partial charge in [0.25, 0.3) is 0 Å². The van der Waals surface area contributed by atoms with E-state index >= 15 is 0 Å². The molecule has 1 aliphatic heterocycles. The lowest BCUT2D eigenvalue weighted by Crippen LogP contribution is -2.45. The largest absolute Gasteiger partial charge is 0.486 e. The second-order valence-corrected chi connectivity index (χ2v) is 9.98. The Balaban J connectivity index is 1.42. The van der Waals surface area contributed by atoms with E-state index in [0.717, 1.165) is 5.56 Å². The van der Waals surface area contributed by atoms with Gasteiger partial charge in [0.05, 0.1) is 10.4 Å². The summed E-state index contributed by atoms with van der Waals surface area (Å²) in [4.78, 5) is 24.9. The van der Waals surface area contributed by atoms with Crippen molar-refractivity contribution in [2.24, 2.45) is 7.05 Å². The van der Waals surface area contributed by atoms with Gasteiger partial charge in [-0.05, 0) is 36.2 Å². The van der Waals surface area contributed by atoms with Gasteiger partial charge in [0.15, 0.2) is 17.1 Å². The first-order valence-electron chi connectivity index (χ1n) is 11.2. The zero-order valence-corrected chi connectivity index (χ0v) is 20.1. The van der Waals surface area contributed by atoms with Crippen LogP contribution in [0, 0.1) is 0 Å². The summed E-state index contributed by atoms with van der Waals surface area (Å²) >= 11 is 0. The molecule has 36 heavy (non-hydrogen) atoms. The number of sulfonamides is 1. The van der Waals surface area contributed by atoms with E-state index in [1.54, 1.807) is 18.2 Å². The van der Waals surface area contributed by atoms with E-state index in [1.807, 2.05) is 30.3 Å². The van der Waals surface area contributed by atoms with Crippen LogP contribution in [0.15, 0.2) is 80.8 Å². The molecule has 186 valence electrons. The normalized spacial score (nSPS) is 13.9. The van der Waals surface area contributed by atoms with E-state index in [-0.39, 0.29) is 16.9 Å². The number of fused-ring (bicyclic) bond motifs is 2. The Morgan fingerprint density at radius 3 is 2.53 bits per heavy atom. The van der Waals surface area contributed by atoms with Crippen molar-refractivity contribution in [1.82, 2.24) is 9.29 Å². The zero-order valence-electron chi connectivity index (χ0n) is 19.3. The summed E-state index contributed by atoms with van der Waals surface area (Å²) in [5.74, 6) is -0.0830. The van der Waals surface area contributed by atoms with Gasteiger partial charge in [0, 0.05) is 24.9 Å². The third-order valence-electron chi connectivity index (χ3n) is 5.78. The molecular weight excluding hydrogens is 486 g/mol. The number of benzene rings is 3. The fourth-order valence-corrected chi connectivity index (χ4v) is 5.14. The number of anilines is 1. The molecular formula is C25H23N3O7S. The zero-order chi connectivity index (χ0) is 25.3. The van der Waals surface area contributed by atoms with Crippen LogP contribution in [0.1, 0.15) is 5.56 Å². The molecule has 0 saturated heterocycles. The second-order valence-electron chi connectivity index (χ2n) is 8.27. The molecule has 1 aliphatic rings. The number of nitrogens with zero attached hydrogens (tertiary/aromatic N) is 1. The maximum atomic E-state index is 13.3. The summed E-state index contributed by atoms with van der Waals surface area (Å²) in [6.45, 7) is 0.838. The van der Waals surface area contributed by atoms with Crippen molar-refractivity contribution < 1.29 is 27.1 Å². The number of carbonyl (C=O) groups is 1. The van der Waals surface area contributed by atoms with E-state index < -0.39 is 27.7 Å². The van der Waals surface area contributed by atoms with E-state index in [0.29, 0.717) is 35.9 Å². The number of ether oxygens (including phenoxy) is 2. The third kappa shape index (κ3) is 4.83. The lowest BCUT2D eigenvalue weighted by Gasteiger charge is -2.21. The Morgan fingerprint density at radius 2 is 1.75 bits per heavy atom. The molecule has 1 aromatic heterocycles. The van der Waals surface area contributed by atoms with Crippen LogP contribution >= 0.6 is 0 Å². The SMILES string of the molecule is Cn1c(=O)oc2cc(S(=O)(=O)NC(Cc3ccccc3)C(=O)Nc3ccc4c(c3)OCCO4)ccc21. The predicted octanol–water partition coefficient (Wildman–Crippen LogP) is 2.43. The van der Waals surface area contributed by atoms with Gasteiger partial charge in [-0.2, -0.15) is 4.72 Å². The highest BCUT2D eigenvalue weighted by molar-refractivity contribution is 7.89. The first-order chi connectivity index (χ1) is 17.3. The molecule has 5 rings (SSSR count). The molecule has 2 heterocycles. The van der Waals surface area contributed by atoms with Gasteiger partial charge in [0.2, 0.25) is 15.9 Å². The van der Waals surface area contributed by atoms with Crippen molar-refractivity contribution in [2.75, 3.05) is 18.5 Å². The van der Waals surface area contributed by atoms with Crippen LogP contribution in [0.4, 0.5) is 5.69 Å². The lowest BCUT2D eigenvalue weighted by molar-refractivity contribution is -0.117. The minimum atomic E-state index is -4.15. The number of amides is 1. The Bertz CT molecular complexity index is 1590. The van der Waals surface area contributed by atoms with Crippen molar-refractivity contribution in [3.8, 4) is 11.5 Å². The summed E-state index contributed by atoms with van der Waals surface area (Å²) in [6, 6.07) is 17.0. The molecule has 4 aromatic rings. The number of carbonyl (C=O) groups excluding carboxylic acids is 1. The first-order valence-corrected chi connectivity index (χ1v) is 12.6. The number of hydrogen-bond donors (Lipinski definition) is 2. The number of aryl methyl sites for hydroxylation is 1. The molecule has 2 N–H and O–H groups in total. The molecule has 1 unspecified atom stereocenters. The molecule has 11 heteroatoms. The fourth-order valence-electron chi connectivity index (χ4n) is 3.92. The Kier molecular flexibility index (Phi) is 6.25. The number of oxazole rings is 1. The van der Waals surface area contributed by atoms with Crippen LogP contribution in [0.2, 0.25) is 0 Å². The van der Waals surface area contributed by atoms with Gasteiger partial charge >= 0.3 is 5.76 Å². The lowest BCUT2D eigenvalue weighted by atomic mass is 10.1. The molecule has 1 atom stereocenters. The maximum Gasteiger partial charge on any atom is 0.419 e. The number of nitrogens with one attached hydrogen (secondary N) is 2. The quantitative estimate of drug-likeness (QED) is 0.392. The second kappa shape index (κ2) is 9.51. The Hall–Kier alpha value is -4.09. The van der Waals surface area contributed by atoms with Crippen LogP contribution < -0.4 is 25.3 Å². The average Bonchev–Trinajstić information content (AvgIpc) is 3.16. The van der Waals surface area contributed by atoms with Gasteiger partial charge in [-0.3, -0.25) is 9.36 Å². The Labute approximate surface area is 206 Å². The molecule has 0 aliphatic carbocycles. The number of hydrogen-bond acceptors (Lipinski definition) is 7. The fraction of sp³-hybridized carbons (Fsp3) is 0.200. The topological polar surface area (TPSA) is 129 Å². The highest BCUT2D eigenvalue weighted by Gasteiger charge is 2.27. The number of aromatic nitrogens is 1. The first kappa shape index (κ1) is 23.6. The summed E-state index contributed by atoms with van der Waals surface area (Å²) in [5, 5.41) is 2.76. The van der Waals surface area contributed by atoms with Crippen molar-refractivity contribution in [3.05, 3.63) is 82.8 Å². The van der Waals surface area contributed by atoms with Gasteiger partial charge in [-0.1, -0.05) is 30.3 Å².